The molecule has 2 aromatic heterocycles. The smallest absolute Gasteiger partial charge is 0.339 e. The van der Waals surface area contributed by atoms with Crippen LogP contribution in [0.5, 0.6) is 0 Å². The highest BCUT2D eigenvalue weighted by Crippen LogP contribution is 2.13. The quantitative estimate of drug-likeness (QED) is 0.798. The molecule has 0 bridgehead atoms. The Labute approximate surface area is 121 Å². The third-order valence-corrected chi connectivity index (χ3v) is 3.03. The van der Waals surface area contributed by atoms with Crippen LogP contribution >= 0.6 is 0 Å². The Kier molecular flexibility index (Phi) is 4.52. The van der Waals surface area contributed by atoms with Crippen molar-refractivity contribution in [3.05, 3.63) is 41.1 Å². The Morgan fingerprint density at radius 1 is 1.43 bits per heavy atom. The number of nitrogens with zero attached hydrogens (tertiary/aromatic N) is 3. The second-order valence-electron chi connectivity index (χ2n) is 4.79. The van der Waals surface area contributed by atoms with Crippen molar-refractivity contribution in [2.45, 2.75) is 26.8 Å². The molecule has 0 fully saturated rings. The van der Waals surface area contributed by atoms with Gasteiger partial charge in [0.05, 0.1) is 11.9 Å². The summed E-state index contributed by atoms with van der Waals surface area (Å²) in [6.07, 6.45) is 1.75. The first kappa shape index (κ1) is 15.0. The Hall–Kier alpha value is -2.44. The minimum atomic E-state index is -1.21. The van der Waals surface area contributed by atoms with E-state index >= 15 is 0 Å². The maximum atomic E-state index is 13.0. The fraction of sp³-hybridized carbons (Fsp3) is 0.357. The van der Waals surface area contributed by atoms with Crippen LogP contribution in [0.25, 0.3) is 0 Å². The lowest BCUT2D eigenvalue weighted by molar-refractivity contribution is 0.0697. The molecule has 2 heterocycles. The van der Waals surface area contributed by atoms with Gasteiger partial charge >= 0.3 is 5.97 Å². The van der Waals surface area contributed by atoms with E-state index in [0.29, 0.717) is 6.54 Å². The van der Waals surface area contributed by atoms with Crippen molar-refractivity contribution in [3.63, 3.8) is 0 Å². The zero-order valence-corrected chi connectivity index (χ0v) is 11.9. The molecule has 0 saturated heterocycles. The highest BCUT2D eigenvalue weighted by atomic mass is 19.1. The SMILES string of the molecule is Cc1cc(C)n(CCCNc2ncc(F)cc2C(=O)O)n1. The Bertz CT molecular complexity index is 654. The van der Waals surface area contributed by atoms with Gasteiger partial charge in [0.2, 0.25) is 0 Å². The van der Waals surface area contributed by atoms with Gasteiger partial charge in [0, 0.05) is 18.8 Å². The molecule has 21 heavy (non-hydrogen) atoms. The van der Waals surface area contributed by atoms with Crippen molar-refractivity contribution in [2.24, 2.45) is 0 Å². The molecule has 2 N–H and O–H groups in total. The molecule has 112 valence electrons. The summed E-state index contributed by atoms with van der Waals surface area (Å²) in [7, 11) is 0. The average molecular weight is 292 g/mol. The first-order valence-electron chi connectivity index (χ1n) is 6.61. The summed E-state index contributed by atoms with van der Waals surface area (Å²) in [6, 6.07) is 2.95. The van der Waals surface area contributed by atoms with Crippen LogP contribution in [0.2, 0.25) is 0 Å². The van der Waals surface area contributed by atoms with Gasteiger partial charge in [-0.2, -0.15) is 5.10 Å². The van der Waals surface area contributed by atoms with Crippen LogP contribution < -0.4 is 5.32 Å². The number of pyridine rings is 1. The Morgan fingerprint density at radius 2 is 2.19 bits per heavy atom. The molecule has 6 nitrogen and oxygen atoms in total. The highest BCUT2D eigenvalue weighted by molar-refractivity contribution is 5.93. The zero-order chi connectivity index (χ0) is 15.4. The van der Waals surface area contributed by atoms with Crippen molar-refractivity contribution in [1.29, 1.82) is 0 Å². The number of nitrogens with one attached hydrogen (secondary N) is 1. The fourth-order valence-electron chi connectivity index (χ4n) is 2.08. The number of halogens is 1. The largest absolute Gasteiger partial charge is 0.478 e. The van der Waals surface area contributed by atoms with Crippen LogP contribution in [0.4, 0.5) is 10.2 Å². The number of aromatic nitrogens is 3. The maximum Gasteiger partial charge on any atom is 0.339 e. The monoisotopic (exact) mass is 292 g/mol. The van der Waals surface area contributed by atoms with Crippen LogP contribution in [0.1, 0.15) is 28.2 Å². The van der Waals surface area contributed by atoms with Crippen LogP contribution in [0, 0.1) is 19.7 Å². The first-order valence-corrected chi connectivity index (χ1v) is 6.61. The first-order chi connectivity index (χ1) is 9.97. The number of aryl methyl sites for hydroxylation is 3. The number of hydrogen-bond acceptors (Lipinski definition) is 4. The lowest BCUT2D eigenvalue weighted by Gasteiger charge is -2.09. The average Bonchev–Trinajstić information content (AvgIpc) is 2.74. The van der Waals surface area contributed by atoms with Gasteiger partial charge in [0.25, 0.3) is 0 Å². The molecule has 7 heteroatoms. The van der Waals surface area contributed by atoms with Crippen LogP contribution in [0.3, 0.4) is 0 Å². The van der Waals surface area contributed by atoms with Crippen LogP contribution in [-0.2, 0) is 6.54 Å². The number of carbonyl (C=O) groups is 1. The van der Waals surface area contributed by atoms with E-state index in [4.69, 9.17) is 5.11 Å². The van der Waals surface area contributed by atoms with E-state index < -0.39 is 11.8 Å². The molecule has 0 saturated carbocycles. The number of carboxylic acids is 1. The van der Waals surface area contributed by atoms with Gasteiger partial charge in [-0.3, -0.25) is 4.68 Å². The van der Waals surface area contributed by atoms with Crippen molar-refractivity contribution >= 4 is 11.8 Å². The molecular formula is C14H17FN4O2. The van der Waals surface area contributed by atoms with Crippen LogP contribution in [-0.4, -0.2) is 32.4 Å². The van der Waals surface area contributed by atoms with Gasteiger partial charge in [-0.05, 0) is 32.4 Å². The number of carboxylic acid groups (broad SMARTS) is 1. The molecule has 0 unspecified atom stereocenters. The molecule has 0 atom stereocenters. The molecule has 2 rings (SSSR count). The van der Waals surface area contributed by atoms with Gasteiger partial charge in [0.1, 0.15) is 17.2 Å². The van der Waals surface area contributed by atoms with Gasteiger partial charge in [-0.15, -0.1) is 0 Å². The predicted molar refractivity (Wildman–Crippen MR) is 76.0 cm³/mol. The fourth-order valence-corrected chi connectivity index (χ4v) is 2.08. The lowest BCUT2D eigenvalue weighted by Crippen LogP contribution is -2.12. The summed E-state index contributed by atoms with van der Waals surface area (Å²) in [6.45, 7) is 5.16. The molecule has 0 amide bonds. The molecule has 0 spiro atoms. The van der Waals surface area contributed by atoms with E-state index in [2.05, 4.69) is 15.4 Å². The predicted octanol–water partition coefficient (Wildman–Crippen LogP) is 2.23. The summed E-state index contributed by atoms with van der Waals surface area (Å²) < 4.78 is 14.9. The minimum absolute atomic E-state index is 0.166. The third kappa shape index (κ3) is 3.77. The minimum Gasteiger partial charge on any atom is -0.478 e. The van der Waals surface area contributed by atoms with E-state index in [1.165, 1.54) is 0 Å². The molecule has 0 aromatic carbocycles. The number of hydrogen-bond donors (Lipinski definition) is 2. The van der Waals surface area contributed by atoms with Crippen molar-refractivity contribution in [3.8, 4) is 0 Å². The van der Waals surface area contributed by atoms with Crippen molar-refractivity contribution in [2.75, 3.05) is 11.9 Å². The van der Waals surface area contributed by atoms with E-state index in [-0.39, 0.29) is 11.4 Å². The molecule has 0 aliphatic rings. The van der Waals surface area contributed by atoms with Gasteiger partial charge in [-0.1, -0.05) is 0 Å². The van der Waals surface area contributed by atoms with Gasteiger partial charge < -0.3 is 10.4 Å². The highest BCUT2D eigenvalue weighted by Gasteiger charge is 2.12. The molecule has 0 aliphatic heterocycles. The van der Waals surface area contributed by atoms with E-state index in [1.54, 1.807) is 0 Å². The second-order valence-corrected chi connectivity index (χ2v) is 4.79. The Morgan fingerprint density at radius 3 is 2.81 bits per heavy atom. The molecule has 2 aromatic rings. The van der Waals surface area contributed by atoms with Gasteiger partial charge in [0.15, 0.2) is 0 Å². The topological polar surface area (TPSA) is 80.0 Å². The van der Waals surface area contributed by atoms with Crippen molar-refractivity contribution < 1.29 is 14.3 Å². The molecule has 0 radical (unpaired) electrons. The third-order valence-electron chi connectivity index (χ3n) is 3.03. The number of rotatable bonds is 6. The van der Waals surface area contributed by atoms with Crippen molar-refractivity contribution in [1.82, 2.24) is 14.8 Å². The lowest BCUT2D eigenvalue weighted by atomic mass is 10.2. The molecule has 0 aliphatic carbocycles. The van der Waals surface area contributed by atoms with Gasteiger partial charge in [-0.25, -0.2) is 14.2 Å². The number of aromatic carboxylic acids is 1. The summed E-state index contributed by atoms with van der Waals surface area (Å²) >= 11 is 0. The molecular weight excluding hydrogens is 275 g/mol. The summed E-state index contributed by atoms with van der Waals surface area (Å²) in [5.41, 5.74) is 1.88. The van der Waals surface area contributed by atoms with E-state index in [9.17, 15) is 9.18 Å². The summed E-state index contributed by atoms with van der Waals surface area (Å²) in [5.74, 6) is -1.69. The Balaban J connectivity index is 1.92. The number of anilines is 1. The maximum absolute atomic E-state index is 13.0. The summed E-state index contributed by atoms with van der Waals surface area (Å²) in [5, 5.41) is 16.3. The summed E-state index contributed by atoms with van der Waals surface area (Å²) in [4.78, 5) is 14.8. The zero-order valence-electron chi connectivity index (χ0n) is 11.9. The standard InChI is InChI=1S/C14H17FN4O2/c1-9-6-10(2)19(18-9)5-3-4-16-13-12(14(20)21)7-11(15)8-17-13/h6-8H,3-5H2,1-2H3,(H,16,17)(H,20,21). The van der Waals surface area contributed by atoms with E-state index in [1.807, 2.05) is 24.6 Å². The van der Waals surface area contributed by atoms with E-state index in [0.717, 1.165) is 36.6 Å². The van der Waals surface area contributed by atoms with Crippen LogP contribution in [0.15, 0.2) is 18.3 Å². The normalized spacial score (nSPS) is 10.6. The second kappa shape index (κ2) is 6.34.